The number of anilines is 3. The van der Waals surface area contributed by atoms with Gasteiger partial charge in [-0.1, -0.05) is 24.3 Å². The molecule has 9 heteroatoms. The standard InChI is InChI=1S/C29H28F3N3O3/c1-3-34(4-2)20-13-11-18(12-14-20)27-26-22(16-19(17-24(26)36)25-10-7-15-38-25)33-21-8-5-6-9-23(21)35(27)28(37)29(30,31)32/h5-15,19,27,33H,3-4,16-17H2,1-2H3/t19-,27+/m1/s1. The number of hydrogen-bond acceptors (Lipinski definition) is 5. The number of para-hydroxylation sites is 2. The number of amides is 1. The number of hydrogen-bond donors (Lipinski definition) is 1. The van der Waals surface area contributed by atoms with Crippen LogP contribution in [0.1, 0.15) is 50.0 Å². The molecule has 2 aliphatic rings. The second kappa shape index (κ2) is 10.0. The summed E-state index contributed by atoms with van der Waals surface area (Å²) >= 11 is 0. The van der Waals surface area contributed by atoms with Gasteiger partial charge in [0.25, 0.3) is 0 Å². The number of fused-ring (bicyclic) bond motifs is 1. The highest BCUT2D eigenvalue weighted by Crippen LogP contribution is 2.48. The van der Waals surface area contributed by atoms with Gasteiger partial charge in [0.15, 0.2) is 5.78 Å². The quantitative estimate of drug-likeness (QED) is 0.409. The summed E-state index contributed by atoms with van der Waals surface area (Å²) < 4.78 is 47.7. The average Bonchev–Trinajstić information content (AvgIpc) is 3.39. The van der Waals surface area contributed by atoms with Crippen molar-refractivity contribution in [2.75, 3.05) is 28.2 Å². The van der Waals surface area contributed by atoms with Gasteiger partial charge in [0, 0.05) is 42.4 Å². The Bertz CT molecular complexity index is 1360. The minimum absolute atomic E-state index is 0.0596. The van der Waals surface area contributed by atoms with Crippen LogP contribution in [-0.4, -0.2) is 31.0 Å². The van der Waals surface area contributed by atoms with E-state index in [-0.39, 0.29) is 29.4 Å². The summed E-state index contributed by atoms with van der Waals surface area (Å²) in [6.45, 7) is 5.55. The molecule has 198 valence electrons. The zero-order chi connectivity index (χ0) is 27.0. The van der Waals surface area contributed by atoms with Crippen LogP contribution < -0.4 is 15.1 Å². The molecule has 0 saturated carbocycles. The summed E-state index contributed by atoms with van der Waals surface area (Å²) in [5.74, 6) is -2.00. The number of carbonyl (C=O) groups excluding carboxylic acids is 2. The lowest BCUT2D eigenvalue weighted by Crippen LogP contribution is -2.45. The van der Waals surface area contributed by atoms with Gasteiger partial charge < -0.3 is 14.6 Å². The Morgan fingerprint density at radius 2 is 1.74 bits per heavy atom. The lowest BCUT2D eigenvalue weighted by atomic mass is 9.80. The fourth-order valence-electron chi connectivity index (χ4n) is 5.45. The molecule has 5 rings (SSSR count). The number of alkyl halides is 3. The zero-order valence-electron chi connectivity index (χ0n) is 21.1. The molecular formula is C29H28F3N3O3. The third-order valence-electron chi connectivity index (χ3n) is 7.23. The second-order valence-electron chi connectivity index (χ2n) is 9.42. The van der Waals surface area contributed by atoms with Gasteiger partial charge in [0.05, 0.1) is 23.7 Å². The molecule has 1 amide bonds. The minimum atomic E-state index is -5.15. The third-order valence-corrected chi connectivity index (χ3v) is 7.23. The van der Waals surface area contributed by atoms with E-state index in [1.54, 1.807) is 42.5 Å². The molecule has 38 heavy (non-hydrogen) atoms. The zero-order valence-corrected chi connectivity index (χ0v) is 21.1. The maximum atomic E-state index is 14.0. The summed E-state index contributed by atoms with van der Waals surface area (Å²) in [4.78, 5) is 29.6. The number of carbonyl (C=O) groups is 2. The van der Waals surface area contributed by atoms with Gasteiger partial charge >= 0.3 is 12.1 Å². The number of Topliss-reactive ketones (excluding diaryl/α,β-unsaturated/α-hetero) is 1. The van der Waals surface area contributed by atoms with Crippen molar-refractivity contribution in [3.05, 3.63) is 89.5 Å². The van der Waals surface area contributed by atoms with E-state index < -0.39 is 18.1 Å². The summed E-state index contributed by atoms with van der Waals surface area (Å²) in [6.07, 6.45) is -3.20. The highest BCUT2D eigenvalue weighted by molar-refractivity contribution is 6.07. The van der Waals surface area contributed by atoms with Gasteiger partial charge in [-0.15, -0.1) is 0 Å². The van der Waals surface area contributed by atoms with Crippen molar-refractivity contribution < 1.29 is 27.2 Å². The van der Waals surface area contributed by atoms with Gasteiger partial charge in [0.2, 0.25) is 0 Å². The maximum absolute atomic E-state index is 14.0. The Balaban J connectivity index is 1.71. The maximum Gasteiger partial charge on any atom is 0.471 e. The molecule has 0 radical (unpaired) electrons. The average molecular weight is 524 g/mol. The molecule has 1 aliphatic carbocycles. The number of furan rings is 1. The Labute approximate surface area is 218 Å². The van der Waals surface area contributed by atoms with Crippen molar-refractivity contribution in [1.82, 2.24) is 0 Å². The predicted octanol–water partition coefficient (Wildman–Crippen LogP) is 6.59. The second-order valence-corrected chi connectivity index (χ2v) is 9.42. The van der Waals surface area contributed by atoms with Crippen molar-refractivity contribution in [2.24, 2.45) is 0 Å². The first-order valence-electron chi connectivity index (χ1n) is 12.6. The van der Waals surface area contributed by atoms with Crippen molar-refractivity contribution >= 4 is 28.8 Å². The van der Waals surface area contributed by atoms with Crippen molar-refractivity contribution in [1.29, 1.82) is 0 Å². The molecule has 2 aromatic carbocycles. The van der Waals surface area contributed by atoms with E-state index in [9.17, 15) is 22.8 Å². The Hall–Kier alpha value is -4.01. The van der Waals surface area contributed by atoms with Crippen LogP contribution in [0.4, 0.5) is 30.2 Å². The molecule has 2 heterocycles. The van der Waals surface area contributed by atoms with Crippen LogP contribution in [0.3, 0.4) is 0 Å². The normalized spacial score (nSPS) is 19.4. The molecule has 1 N–H and O–H groups in total. The summed E-state index contributed by atoms with van der Waals surface area (Å²) in [6, 6.07) is 15.7. The molecule has 3 aromatic rings. The topological polar surface area (TPSA) is 65.8 Å². The first kappa shape index (κ1) is 25.6. The predicted molar refractivity (Wildman–Crippen MR) is 139 cm³/mol. The molecule has 0 saturated heterocycles. The van der Waals surface area contributed by atoms with E-state index in [0.717, 1.165) is 23.7 Å². The van der Waals surface area contributed by atoms with Crippen LogP contribution in [0, 0.1) is 0 Å². The summed E-state index contributed by atoms with van der Waals surface area (Å²) in [5.41, 5.74) is 2.37. The summed E-state index contributed by atoms with van der Waals surface area (Å²) in [7, 11) is 0. The van der Waals surface area contributed by atoms with Crippen LogP contribution in [0.25, 0.3) is 0 Å². The van der Waals surface area contributed by atoms with Gasteiger partial charge in [-0.25, -0.2) is 0 Å². The van der Waals surface area contributed by atoms with E-state index in [4.69, 9.17) is 4.42 Å². The van der Waals surface area contributed by atoms with E-state index in [1.807, 2.05) is 26.0 Å². The monoisotopic (exact) mass is 523 g/mol. The van der Waals surface area contributed by atoms with Crippen LogP contribution in [-0.2, 0) is 9.59 Å². The van der Waals surface area contributed by atoms with E-state index in [2.05, 4.69) is 10.2 Å². The highest BCUT2D eigenvalue weighted by atomic mass is 19.4. The molecule has 0 bridgehead atoms. The lowest BCUT2D eigenvalue weighted by Gasteiger charge is -2.35. The number of allylic oxidation sites excluding steroid dienone is 1. The van der Waals surface area contributed by atoms with Crippen LogP contribution in [0.2, 0.25) is 0 Å². The highest BCUT2D eigenvalue weighted by Gasteiger charge is 2.50. The number of rotatable bonds is 5. The first-order valence-corrected chi connectivity index (χ1v) is 12.6. The van der Waals surface area contributed by atoms with Gasteiger partial charge in [0.1, 0.15) is 5.76 Å². The first-order chi connectivity index (χ1) is 18.2. The molecule has 0 spiro atoms. The molecule has 6 nitrogen and oxygen atoms in total. The van der Waals surface area contributed by atoms with E-state index in [0.29, 0.717) is 29.1 Å². The fraction of sp³-hybridized carbons (Fsp3) is 0.310. The van der Waals surface area contributed by atoms with Crippen LogP contribution in [0.5, 0.6) is 0 Å². The van der Waals surface area contributed by atoms with Gasteiger partial charge in [-0.2, -0.15) is 13.2 Å². The molecule has 0 unspecified atom stereocenters. The Kier molecular flexibility index (Phi) is 6.77. The fourth-order valence-corrected chi connectivity index (χ4v) is 5.45. The number of nitrogens with one attached hydrogen (secondary N) is 1. The van der Waals surface area contributed by atoms with Crippen molar-refractivity contribution in [2.45, 2.75) is 44.8 Å². The molecule has 2 atom stereocenters. The lowest BCUT2D eigenvalue weighted by molar-refractivity contribution is -0.170. The number of ketones is 1. The SMILES string of the molecule is CCN(CC)c1ccc([C@H]2C3=C(C[C@@H](c4ccco4)CC3=O)Nc3ccccc3N2C(=O)C(F)(F)F)cc1. The van der Waals surface area contributed by atoms with E-state index in [1.165, 1.54) is 12.3 Å². The number of halogens is 3. The molecular weight excluding hydrogens is 495 g/mol. The van der Waals surface area contributed by atoms with Crippen LogP contribution in [0.15, 0.2) is 82.6 Å². The number of nitrogens with zero attached hydrogens (tertiary/aromatic N) is 2. The van der Waals surface area contributed by atoms with Gasteiger partial charge in [-0.05, 0) is 62.2 Å². The molecule has 0 fully saturated rings. The third kappa shape index (κ3) is 4.57. The van der Waals surface area contributed by atoms with E-state index >= 15 is 0 Å². The number of benzene rings is 2. The van der Waals surface area contributed by atoms with Crippen molar-refractivity contribution in [3.63, 3.8) is 0 Å². The summed E-state index contributed by atoms with van der Waals surface area (Å²) in [5, 5.41) is 3.22. The minimum Gasteiger partial charge on any atom is -0.469 e. The largest absolute Gasteiger partial charge is 0.471 e. The smallest absolute Gasteiger partial charge is 0.469 e. The Morgan fingerprint density at radius 1 is 1.03 bits per heavy atom. The Morgan fingerprint density at radius 3 is 2.37 bits per heavy atom. The van der Waals surface area contributed by atoms with Gasteiger partial charge in [-0.3, -0.25) is 14.5 Å². The molecule has 1 aliphatic heterocycles. The molecule has 1 aromatic heterocycles. The van der Waals surface area contributed by atoms with Crippen molar-refractivity contribution in [3.8, 4) is 0 Å². The van der Waals surface area contributed by atoms with Crippen LogP contribution >= 0.6 is 0 Å².